The van der Waals surface area contributed by atoms with Crippen LogP contribution in [0.1, 0.15) is 62.7 Å². The van der Waals surface area contributed by atoms with Crippen molar-refractivity contribution >= 4 is 27.5 Å². The average Bonchev–Trinajstić information content (AvgIpc) is 3.18. The minimum absolute atomic E-state index is 0.0368. The minimum Gasteiger partial charge on any atom is -0.496 e. The predicted molar refractivity (Wildman–Crippen MR) is 120 cm³/mol. The summed E-state index contributed by atoms with van der Waals surface area (Å²) in [5.41, 5.74) is 0.343. The Bertz CT molecular complexity index is 1620. The van der Waals surface area contributed by atoms with E-state index in [9.17, 15) is 4.79 Å². The van der Waals surface area contributed by atoms with E-state index in [1.54, 1.807) is 48.5 Å². The fourth-order valence-electron chi connectivity index (χ4n) is 3.70. The van der Waals surface area contributed by atoms with Crippen molar-refractivity contribution in [1.29, 1.82) is 0 Å². The fourth-order valence-corrected chi connectivity index (χ4v) is 3.70. The maximum Gasteiger partial charge on any atom is 0.196 e. The molecule has 0 atom stereocenters. The van der Waals surface area contributed by atoms with Gasteiger partial charge in [-0.3, -0.25) is 4.79 Å². The lowest BCUT2D eigenvalue weighted by molar-refractivity contribution is 0.104. The van der Waals surface area contributed by atoms with E-state index in [-0.39, 0.29) is 27.7 Å². The van der Waals surface area contributed by atoms with Crippen LogP contribution in [-0.2, 0) is 6.50 Å². The molecule has 1 aromatic heterocycles. The molecule has 0 bridgehead atoms. The summed E-state index contributed by atoms with van der Waals surface area (Å²) in [7, 11) is 1.50. The number of hydrogen-bond donors (Lipinski definition) is 0. The van der Waals surface area contributed by atoms with Crippen molar-refractivity contribution in [3.8, 4) is 5.75 Å². The number of aryl methyl sites for hydroxylation is 1. The number of hydrogen-bond acceptors (Lipinski definition) is 2. The molecule has 29 heavy (non-hydrogen) atoms. The third-order valence-electron chi connectivity index (χ3n) is 4.98. The number of fused-ring (bicyclic) bond motifs is 2. The minimum atomic E-state index is -3.83. The van der Waals surface area contributed by atoms with Crippen molar-refractivity contribution in [2.24, 2.45) is 0 Å². The number of nitrogens with zero attached hydrogens (tertiary/aromatic N) is 1. The largest absolute Gasteiger partial charge is 0.496 e. The van der Waals surface area contributed by atoms with Gasteiger partial charge < -0.3 is 9.30 Å². The zero-order chi connectivity index (χ0) is 30.1. The summed E-state index contributed by atoms with van der Waals surface area (Å²) in [6, 6.07) is 16.4. The predicted octanol–water partition coefficient (Wildman–Crippen LogP) is 6.53. The van der Waals surface area contributed by atoms with Crippen molar-refractivity contribution in [3.63, 3.8) is 0 Å². The SMILES string of the molecule is [2H]C([2H])([2H])C([2H])([2H])C([2H])([2H])C([2H])([2H])C([2H])([2H])n1c(C)c(C(=O)c2ccc(OC)c3ccccc23)c2ccccc21. The van der Waals surface area contributed by atoms with Crippen LogP contribution in [-0.4, -0.2) is 17.5 Å². The molecule has 3 heteroatoms. The van der Waals surface area contributed by atoms with Gasteiger partial charge in [0, 0.05) is 49.1 Å². The topological polar surface area (TPSA) is 31.2 Å². The van der Waals surface area contributed by atoms with Gasteiger partial charge in [0.25, 0.3) is 0 Å². The van der Waals surface area contributed by atoms with Crippen LogP contribution in [0.2, 0.25) is 0 Å². The Morgan fingerprint density at radius 2 is 1.72 bits per heavy atom. The first-order valence-corrected chi connectivity index (χ1v) is 9.05. The van der Waals surface area contributed by atoms with E-state index in [0.717, 1.165) is 4.57 Å². The van der Waals surface area contributed by atoms with E-state index in [4.69, 9.17) is 19.8 Å². The third-order valence-corrected chi connectivity index (χ3v) is 4.98. The van der Waals surface area contributed by atoms with Crippen LogP contribution in [0.25, 0.3) is 21.7 Å². The van der Waals surface area contributed by atoms with Gasteiger partial charge in [-0.2, -0.15) is 0 Å². The fraction of sp³-hybridized carbons (Fsp3) is 0.269. The summed E-state index contributed by atoms with van der Waals surface area (Å²) in [5, 5.41) is 1.51. The van der Waals surface area contributed by atoms with E-state index in [0.29, 0.717) is 16.5 Å². The van der Waals surface area contributed by atoms with Gasteiger partial charge in [0.05, 0.1) is 12.7 Å². The Hall–Kier alpha value is -3.07. The lowest BCUT2D eigenvalue weighted by Crippen LogP contribution is -2.06. The monoisotopic (exact) mass is 396 g/mol. The van der Waals surface area contributed by atoms with E-state index in [1.165, 1.54) is 26.2 Å². The Kier molecular flexibility index (Phi) is 2.83. The molecule has 0 aliphatic rings. The summed E-state index contributed by atoms with van der Waals surface area (Å²) >= 11 is 0. The number of carbonyl (C=O) groups is 1. The van der Waals surface area contributed by atoms with E-state index in [2.05, 4.69) is 0 Å². The van der Waals surface area contributed by atoms with Crippen molar-refractivity contribution in [2.45, 2.75) is 39.4 Å². The van der Waals surface area contributed by atoms with Gasteiger partial charge in [-0.05, 0) is 36.9 Å². The molecule has 148 valence electrons. The first kappa shape index (κ1) is 10.1. The highest BCUT2D eigenvalue weighted by molar-refractivity contribution is 6.22. The first-order chi connectivity index (χ1) is 18.3. The molecule has 4 rings (SSSR count). The van der Waals surface area contributed by atoms with Crippen LogP contribution in [0.15, 0.2) is 60.7 Å². The lowest BCUT2D eigenvalue weighted by Gasteiger charge is -2.11. The summed E-state index contributed by atoms with van der Waals surface area (Å²) < 4.78 is 95.7. The molecule has 3 aromatic carbocycles. The smallest absolute Gasteiger partial charge is 0.196 e. The number of benzene rings is 3. The number of rotatable bonds is 7. The summed E-state index contributed by atoms with van der Waals surface area (Å²) in [4.78, 5) is 14.1. The summed E-state index contributed by atoms with van der Waals surface area (Å²) in [6.07, 6.45) is -11.3. The Morgan fingerprint density at radius 3 is 2.48 bits per heavy atom. The van der Waals surface area contributed by atoms with Crippen LogP contribution in [0.5, 0.6) is 5.75 Å². The van der Waals surface area contributed by atoms with Crippen LogP contribution < -0.4 is 4.74 Å². The molecule has 4 aromatic rings. The number of para-hydroxylation sites is 1. The standard InChI is InChI=1S/C26H27NO2/c1-4-5-10-17-27-18(2)25(22-13-8-9-14-23(22)27)26(28)21-15-16-24(29-3)20-12-7-6-11-19(20)21/h6-9,11-16H,4-5,10,17H2,1-3H3/i1D3,4D2,5D2,10D2,17D2. The molecule has 0 saturated carbocycles. The average molecular weight is 397 g/mol. The zero-order valence-corrected chi connectivity index (χ0v) is 16.0. The molecule has 0 fully saturated rings. The summed E-state index contributed by atoms with van der Waals surface area (Å²) in [6.45, 7) is -5.55. The van der Waals surface area contributed by atoms with Crippen molar-refractivity contribution in [1.82, 2.24) is 4.57 Å². The molecule has 0 radical (unpaired) electrons. The van der Waals surface area contributed by atoms with Crippen LogP contribution in [0.3, 0.4) is 0 Å². The van der Waals surface area contributed by atoms with E-state index < -0.39 is 38.3 Å². The molecular weight excluding hydrogens is 358 g/mol. The second-order valence-corrected chi connectivity index (χ2v) is 6.49. The van der Waals surface area contributed by atoms with Gasteiger partial charge in [-0.25, -0.2) is 0 Å². The molecule has 0 aliphatic carbocycles. The molecule has 0 N–H and O–H groups in total. The maximum absolute atomic E-state index is 14.1. The number of ether oxygens (including phenoxy) is 1. The number of carbonyl (C=O) groups excluding carboxylic acids is 1. The zero-order valence-electron chi connectivity index (χ0n) is 27.0. The second-order valence-electron chi connectivity index (χ2n) is 6.49. The normalized spacial score (nSPS) is 19.3. The molecule has 0 spiro atoms. The van der Waals surface area contributed by atoms with Gasteiger partial charge in [-0.15, -0.1) is 0 Å². The maximum atomic E-state index is 14.1. The van der Waals surface area contributed by atoms with Crippen LogP contribution in [0, 0.1) is 6.92 Å². The van der Waals surface area contributed by atoms with Crippen molar-refractivity contribution in [3.05, 3.63) is 77.5 Å². The van der Waals surface area contributed by atoms with Gasteiger partial charge in [-0.1, -0.05) is 62.1 Å². The van der Waals surface area contributed by atoms with Gasteiger partial charge in [0.15, 0.2) is 5.78 Å². The molecular formula is C26H27NO2. The van der Waals surface area contributed by atoms with Crippen LogP contribution in [0.4, 0.5) is 0 Å². The molecule has 3 nitrogen and oxygen atoms in total. The quantitative estimate of drug-likeness (QED) is 0.332. The number of ketones is 1. The summed E-state index contributed by atoms with van der Waals surface area (Å²) in [5.74, 6) is 0.0464. The Morgan fingerprint density at radius 1 is 1.00 bits per heavy atom. The number of methoxy groups -OCH3 is 1. The highest BCUT2D eigenvalue weighted by Crippen LogP contribution is 2.33. The molecule has 0 saturated heterocycles. The molecule has 0 aliphatic heterocycles. The molecule has 0 unspecified atom stereocenters. The van der Waals surface area contributed by atoms with Crippen molar-refractivity contribution < 1.29 is 24.6 Å². The highest BCUT2D eigenvalue weighted by Gasteiger charge is 2.22. The van der Waals surface area contributed by atoms with Crippen molar-refractivity contribution in [2.75, 3.05) is 7.11 Å². The second kappa shape index (κ2) is 8.12. The Balaban J connectivity index is 1.99. The van der Waals surface area contributed by atoms with Gasteiger partial charge in [0.2, 0.25) is 0 Å². The lowest BCUT2D eigenvalue weighted by atomic mass is 9.95. The number of aromatic nitrogens is 1. The molecule has 1 heterocycles. The van der Waals surface area contributed by atoms with Crippen LogP contribution >= 0.6 is 0 Å². The van der Waals surface area contributed by atoms with E-state index >= 15 is 0 Å². The first-order valence-electron chi connectivity index (χ1n) is 14.6. The van der Waals surface area contributed by atoms with E-state index in [1.807, 2.05) is 0 Å². The third kappa shape index (κ3) is 3.31. The van der Waals surface area contributed by atoms with Gasteiger partial charge in [0.1, 0.15) is 5.75 Å². The Labute approximate surface area is 187 Å². The molecule has 0 amide bonds. The highest BCUT2D eigenvalue weighted by atomic mass is 16.5. The van der Waals surface area contributed by atoms with Gasteiger partial charge >= 0.3 is 0 Å².